The predicted octanol–water partition coefficient (Wildman–Crippen LogP) is 1.70. The zero-order valence-corrected chi connectivity index (χ0v) is 12.5. The number of aliphatic carboxylic acids is 1. The van der Waals surface area contributed by atoms with Crippen molar-refractivity contribution in [3.8, 4) is 0 Å². The Bertz CT molecular complexity index is 303. The molecule has 0 aromatic carbocycles. The lowest BCUT2D eigenvalue weighted by Crippen LogP contribution is -2.54. The lowest BCUT2D eigenvalue weighted by molar-refractivity contribution is -0.137. The van der Waals surface area contributed by atoms with E-state index < -0.39 is 11.5 Å². The van der Waals surface area contributed by atoms with Crippen LogP contribution in [0.5, 0.6) is 0 Å². The summed E-state index contributed by atoms with van der Waals surface area (Å²) in [5.74, 6) is -0.844. The Labute approximate surface area is 115 Å². The molecular weight excluding hydrogens is 248 g/mol. The topological polar surface area (TPSA) is 78.9 Å². The highest BCUT2D eigenvalue weighted by atomic mass is 16.5. The van der Waals surface area contributed by atoms with Gasteiger partial charge in [-0.05, 0) is 34.1 Å². The van der Waals surface area contributed by atoms with Crippen molar-refractivity contribution < 1.29 is 19.4 Å². The van der Waals surface area contributed by atoms with Crippen LogP contribution >= 0.6 is 0 Å². The van der Waals surface area contributed by atoms with Gasteiger partial charge < -0.3 is 20.1 Å². The number of nitrogens with one attached hydrogen (secondary N) is 1. The Hall–Kier alpha value is -1.30. The van der Waals surface area contributed by atoms with Crippen LogP contribution in [0, 0.1) is 0 Å². The SMILES string of the molecule is COCC(C)(C)NC(=O)N(CCCC(=O)O)C(C)C. The average Bonchev–Trinajstić information content (AvgIpc) is 2.22. The first-order chi connectivity index (χ1) is 8.69. The Morgan fingerprint density at radius 2 is 1.95 bits per heavy atom. The van der Waals surface area contributed by atoms with Crippen LogP contribution in [-0.4, -0.2) is 53.8 Å². The van der Waals surface area contributed by atoms with E-state index in [0.29, 0.717) is 19.6 Å². The van der Waals surface area contributed by atoms with Crippen molar-refractivity contribution >= 4 is 12.0 Å². The van der Waals surface area contributed by atoms with Gasteiger partial charge >= 0.3 is 12.0 Å². The monoisotopic (exact) mass is 274 g/mol. The zero-order valence-electron chi connectivity index (χ0n) is 12.5. The van der Waals surface area contributed by atoms with Gasteiger partial charge in [0.15, 0.2) is 0 Å². The second-order valence-corrected chi connectivity index (χ2v) is 5.53. The van der Waals surface area contributed by atoms with E-state index in [1.54, 1.807) is 12.0 Å². The van der Waals surface area contributed by atoms with Crippen molar-refractivity contribution in [2.45, 2.75) is 52.1 Å². The van der Waals surface area contributed by atoms with E-state index in [-0.39, 0.29) is 18.5 Å². The van der Waals surface area contributed by atoms with Crippen LogP contribution in [0.25, 0.3) is 0 Å². The van der Waals surface area contributed by atoms with Gasteiger partial charge in [0, 0.05) is 26.1 Å². The first-order valence-corrected chi connectivity index (χ1v) is 6.49. The van der Waals surface area contributed by atoms with E-state index in [0.717, 1.165) is 0 Å². The van der Waals surface area contributed by atoms with Gasteiger partial charge in [-0.25, -0.2) is 4.79 Å². The molecule has 0 aliphatic rings. The van der Waals surface area contributed by atoms with Gasteiger partial charge in [0.25, 0.3) is 0 Å². The summed E-state index contributed by atoms with van der Waals surface area (Å²) >= 11 is 0. The van der Waals surface area contributed by atoms with Gasteiger partial charge in [-0.15, -0.1) is 0 Å². The number of methoxy groups -OCH3 is 1. The molecule has 112 valence electrons. The standard InChI is InChI=1S/C13H26N2O4/c1-10(2)15(8-6-7-11(16)17)12(18)14-13(3,4)9-19-5/h10H,6-9H2,1-5H3,(H,14,18)(H,16,17). The van der Waals surface area contributed by atoms with Crippen molar-refractivity contribution in [2.24, 2.45) is 0 Å². The molecule has 0 spiro atoms. The van der Waals surface area contributed by atoms with Gasteiger partial charge in [0.1, 0.15) is 0 Å². The predicted molar refractivity (Wildman–Crippen MR) is 73.2 cm³/mol. The van der Waals surface area contributed by atoms with Crippen LogP contribution in [0.1, 0.15) is 40.5 Å². The molecule has 0 rings (SSSR count). The van der Waals surface area contributed by atoms with Crippen LogP contribution in [0.4, 0.5) is 4.79 Å². The molecule has 0 unspecified atom stereocenters. The van der Waals surface area contributed by atoms with Crippen LogP contribution in [0.2, 0.25) is 0 Å². The minimum atomic E-state index is -0.844. The summed E-state index contributed by atoms with van der Waals surface area (Å²) in [6, 6.07) is -0.172. The highest BCUT2D eigenvalue weighted by Crippen LogP contribution is 2.07. The van der Waals surface area contributed by atoms with Gasteiger partial charge in [-0.3, -0.25) is 4.79 Å². The molecule has 0 aromatic rings. The molecular formula is C13H26N2O4. The molecule has 0 bridgehead atoms. The van der Waals surface area contributed by atoms with Crippen LogP contribution in [0.15, 0.2) is 0 Å². The van der Waals surface area contributed by atoms with E-state index in [1.165, 1.54) is 0 Å². The number of hydrogen-bond donors (Lipinski definition) is 2. The number of rotatable bonds is 8. The Kier molecular flexibility index (Phi) is 7.44. The maximum Gasteiger partial charge on any atom is 0.318 e. The second-order valence-electron chi connectivity index (χ2n) is 5.53. The fraction of sp³-hybridized carbons (Fsp3) is 0.846. The molecule has 2 N–H and O–H groups in total. The smallest absolute Gasteiger partial charge is 0.318 e. The lowest BCUT2D eigenvalue weighted by Gasteiger charge is -2.32. The maximum atomic E-state index is 12.2. The normalized spacial score (nSPS) is 11.5. The van der Waals surface area contributed by atoms with Crippen molar-refractivity contribution in [1.82, 2.24) is 10.2 Å². The van der Waals surface area contributed by atoms with Crippen LogP contribution in [0.3, 0.4) is 0 Å². The minimum Gasteiger partial charge on any atom is -0.481 e. The lowest BCUT2D eigenvalue weighted by atomic mass is 10.1. The van der Waals surface area contributed by atoms with Gasteiger partial charge in [0.05, 0.1) is 12.1 Å². The van der Waals surface area contributed by atoms with E-state index in [4.69, 9.17) is 9.84 Å². The molecule has 0 aromatic heterocycles. The first-order valence-electron chi connectivity index (χ1n) is 6.49. The molecule has 0 aliphatic carbocycles. The van der Waals surface area contributed by atoms with Crippen LogP contribution in [-0.2, 0) is 9.53 Å². The highest BCUT2D eigenvalue weighted by molar-refractivity contribution is 5.75. The largest absolute Gasteiger partial charge is 0.481 e. The van der Waals surface area contributed by atoms with Crippen LogP contribution < -0.4 is 5.32 Å². The molecule has 0 saturated heterocycles. The summed E-state index contributed by atoms with van der Waals surface area (Å²) in [4.78, 5) is 24.3. The van der Waals surface area contributed by atoms with Gasteiger partial charge in [-0.2, -0.15) is 0 Å². The molecule has 19 heavy (non-hydrogen) atoms. The summed E-state index contributed by atoms with van der Waals surface area (Å²) in [6.07, 6.45) is 0.517. The number of hydrogen-bond acceptors (Lipinski definition) is 3. The molecule has 0 fully saturated rings. The third-order valence-electron chi connectivity index (χ3n) is 2.62. The maximum absolute atomic E-state index is 12.2. The fourth-order valence-electron chi connectivity index (χ4n) is 1.75. The number of amides is 2. The quantitative estimate of drug-likeness (QED) is 0.706. The average molecular weight is 274 g/mol. The van der Waals surface area contributed by atoms with E-state index in [9.17, 15) is 9.59 Å². The molecule has 2 amide bonds. The Balaban J connectivity index is 4.45. The van der Waals surface area contributed by atoms with Crippen molar-refractivity contribution in [2.75, 3.05) is 20.3 Å². The number of carboxylic acid groups (broad SMARTS) is 1. The second kappa shape index (κ2) is 7.99. The Morgan fingerprint density at radius 1 is 1.37 bits per heavy atom. The summed E-state index contributed by atoms with van der Waals surface area (Å²) in [5.41, 5.74) is -0.453. The molecule has 0 heterocycles. The molecule has 0 saturated carbocycles. The molecule has 0 atom stereocenters. The highest BCUT2D eigenvalue weighted by Gasteiger charge is 2.25. The number of urea groups is 1. The number of nitrogens with zero attached hydrogens (tertiary/aromatic N) is 1. The van der Waals surface area contributed by atoms with Gasteiger partial charge in [0.2, 0.25) is 0 Å². The summed E-state index contributed by atoms with van der Waals surface area (Å²) in [6.45, 7) is 8.42. The molecule has 0 radical (unpaired) electrons. The number of ether oxygens (including phenoxy) is 1. The Morgan fingerprint density at radius 3 is 2.37 bits per heavy atom. The van der Waals surface area contributed by atoms with E-state index >= 15 is 0 Å². The van der Waals surface area contributed by atoms with Gasteiger partial charge in [-0.1, -0.05) is 0 Å². The third kappa shape index (κ3) is 7.66. The number of carbonyl (C=O) groups excluding carboxylic acids is 1. The van der Waals surface area contributed by atoms with E-state index in [2.05, 4.69) is 5.32 Å². The molecule has 6 heteroatoms. The fourth-order valence-corrected chi connectivity index (χ4v) is 1.75. The molecule has 0 aliphatic heterocycles. The summed E-state index contributed by atoms with van der Waals surface area (Å²) in [5, 5.41) is 11.5. The minimum absolute atomic E-state index is 0.0205. The van der Waals surface area contributed by atoms with Crippen molar-refractivity contribution in [3.63, 3.8) is 0 Å². The number of carboxylic acids is 1. The molecule has 6 nitrogen and oxygen atoms in total. The third-order valence-corrected chi connectivity index (χ3v) is 2.62. The van der Waals surface area contributed by atoms with E-state index in [1.807, 2.05) is 27.7 Å². The summed E-state index contributed by atoms with van der Waals surface area (Å²) < 4.78 is 5.05. The summed E-state index contributed by atoms with van der Waals surface area (Å²) in [7, 11) is 1.58. The van der Waals surface area contributed by atoms with Crippen molar-refractivity contribution in [1.29, 1.82) is 0 Å². The first kappa shape index (κ1) is 17.7. The van der Waals surface area contributed by atoms with Crippen molar-refractivity contribution in [3.05, 3.63) is 0 Å². The zero-order chi connectivity index (χ0) is 15.1. The number of carbonyl (C=O) groups is 2.